The van der Waals surface area contributed by atoms with Gasteiger partial charge in [-0.3, -0.25) is 14.3 Å². The van der Waals surface area contributed by atoms with E-state index in [-0.39, 0.29) is 78.0 Å². The zero-order valence-electron chi connectivity index (χ0n) is 19.9. The Hall–Kier alpha value is -2.62. The van der Waals surface area contributed by atoms with Crippen LogP contribution in [0.1, 0.15) is 61.5 Å². The number of esters is 1. The Bertz CT molecular complexity index is 1130. The van der Waals surface area contributed by atoms with Crippen LogP contribution in [0.3, 0.4) is 0 Å². The van der Waals surface area contributed by atoms with Gasteiger partial charge in [0.25, 0.3) is 0 Å². The van der Waals surface area contributed by atoms with Crippen LogP contribution in [0.15, 0.2) is 18.2 Å². The largest absolute Gasteiger partial charge is 0.466 e. The van der Waals surface area contributed by atoms with Gasteiger partial charge in [-0.25, -0.2) is 4.39 Å². The Kier molecular flexibility index (Phi) is 7.92. The number of carbonyl (C=O) groups is 2. The topological polar surface area (TPSA) is 64.4 Å². The lowest BCUT2D eigenvalue weighted by atomic mass is 9.80. The van der Waals surface area contributed by atoms with Crippen LogP contribution in [-0.4, -0.2) is 39.7 Å². The first kappa shape index (κ1) is 26.4. The van der Waals surface area contributed by atoms with Crippen molar-refractivity contribution in [2.45, 2.75) is 64.7 Å². The summed E-state index contributed by atoms with van der Waals surface area (Å²) in [6, 6.07) is 3.98. The summed E-state index contributed by atoms with van der Waals surface area (Å²) in [5.41, 5.74) is -0.519. The van der Waals surface area contributed by atoms with Gasteiger partial charge in [0.2, 0.25) is 5.91 Å². The molecule has 1 aromatic heterocycles. The van der Waals surface area contributed by atoms with Gasteiger partial charge in [0.1, 0.15) is 5.82 Å². The monoisotopic (exact) mass is 529 g/mol. The zero-order valence-corrected chi connectivity index (χ0v) is 20.7. The maximum Gasteiger partial charge on any atom is 0.435 e. The summed E-state index contributed by atoms with van der Waals surface area (Å²) in [5, 5.41) is 3.96. The van der Waals surface area contributed by atoms with Crippen molar-refractivity contribution in [3.05, 3.63) is 51.6 Å². The van der Waals surface area contributed by atoms with Gasteiger partial charge in [-0.2, -0.15) is 18.3 Å². The third kappa shape index (κ3) is 5.85. The van der Waals surface area contributed by atoms with E-state index in [0.29, 0.717) is 19.4 Å². The molecule has 1 aliphatic carbocycles. The summed E-state index contributed by atoms with van der Waals surface area (Å²) in [5.74, 6) is -1.00. The number of aromatic nitrogens is 2. The molecule has 0 spiro atoms. The molecule has 2 aliphatic rings. The van der Waals surface area contributed by atoms with E-state index in [1.807, 2.05) is 0 Å². The van der Waals surface area contributed by atoms with Crippen LogP contribution in [0.5, 0.6) is 0 Å². The van der Waals surface area contributed by atoms with E-state index in [0.717, 1.165) is 23.6 Å². The van der Waals surface area contributed by atoms with Crippen molar-refractivity contribution >= 4 is 23.5 Å². The molecule has 0 saturated heterocycles. The molecule has 2 heterocycles. The van der Waals surface area contributed by atoms with Crippen LogP contribution < -0.4 is 0 Å². The average Bonchev–Trinajstić information content (AvgIpc) is 3.20. The first-order chi connectivity index (χ1) is 17.1. The molecule has 196 valence electrons. The first-order valence-electron chi connectivity index (χ1n) is 12.1. The van der Waals surface area contributed by atoms with E-state index >= 15 is 0 Å². The quantitative estimate of drug-likeness (QED) is 0.372. The van der Waals surface area contributed by atoms with Crippen molar-refractivity contribution in [3.63, 3.8) is 0 Å². The number of alkyl halides is 3. The van der Waals surface area contributed by atoms with E-state index in [2.05, 4.69) is 5.10 Å². The Labute approximate surface area is 211 Å². The molecule has 36 heavy (non-hydrogen) atoms. The van der Waals surface area contributed by atoms with Crippen LogP contribution in [-0.2, 0) is 40.0 Å². The van der Waals surface area contributed by atoms with Gasteiger partial charge in [0, 0.05) is 29.1 Å². The van der Waals surface area contributed by atoms with Crippen molar-refractivity contribution < 1.29 is 31.9 Å². The number of rotatable bonds is 6. The Morgan fingerprint density at radius 1 is 1.19 bits per heavy atom. The number of benzene rings is 1. The lowest BCUT2D eigenvalue weighted by Gasteiger charge is -2.31. The van der Waals surface area contributed by atoms with Crippen LogP contribution >= 0.6 is 11.6 Å². The lowest BCUT2D eigenvalue weighted by molar-refractivity contribution is -0.149. The second-order valence-electron chi connectivity index (χ2n) is 9.40. The minimum absolute atomic E-state index is 0.0224. The fraction of sp³-hybridized carbons (Fsp3) is 0.560. The molecule has 2 aromatic rings. The molecular weight excluding hydrogens is 502 g/mol. The minimum Gasteiger partial charge on any atom is -0.466 e. The molecule has 4 rings (SSSR count). The standard InChI is InChI=1S/C25H28ClF4N3O3/c1-2-36-24(35)16-5-3-15(4-6-16)11-22(34)32-10-9-19-21(14-32)33(31-23(19)25(28,29)30)13-17-7-8-18(26)12-20(17)27/h7-8,12,15-16H,2-6,9-11,13-14H2,1H3/t15-,16+. The molecule has 1 fully saturated rings. The normalized spacial score (nSPS) is 20.2. The van der Waals surface area contributed by atoms with E-state index in [9.17, 15) is 27.2 Å². The van der Waals surface area contributed by atoms with Crippen LogP contribution in [0, 0.1) is 17.7 Å². The van der Waals surface area contributed by atoms with Gasteiger partial charge in [-0.1, -0.05) is 17.7 Å². The number of amides is 1. The SMILES string of the molecule is CCOC(=O)[C@H]1CC[C@@H](CC(=O)N2CCc3c(C(F)(F)F)nn(Cc4ccc(Cl)cc4F)c3C2)CC1. The van der Waals surface area contributed by atoms with Crippen LogP contribution in [0.4, 0.5) is 17.6 Å². The summed E-state index contributed by atoms with van der Waals surface area (Å²) in [6.45, 7) is 2.04. The van der Waals surface area contributed by atoms with E-state index in [4.69, 9.17) is 16.3 Å². The highest BCUT2D eigenvalue weighted by atomic mass is 35.5. The highest BCUT2D eigenvalue weighted by molar-refractivity contribution is 6.30. The molecular formula is C25H28ClF4N3O3. The van der Waals surface area contributed by atoms with E-state index in [1.54, 1.807) is 11.8 Å². The highest BCUT2D eigenvalue weighted by Crippen LogP contribution is 2.36. The van der Waals surface area contributed by atoms with Gasteiger partial charge in [-0.15, -0.1) is 0 Å². The van der Waals surface area contributed by atoms with E-state index < -0.39 is 17.7 Å². The molecule has 1 amide bonds. The van der Waals surface area contributed by atoms with Crippen molar-refractivity contribution in [2.24, 2.45) is 11.8 Å². The fourth-order valence-corrected chi connectivity index (χ4v) is 5.26. The van der Waals surface area contributed by atoms with Crippen molar-refractivity contribution in [3.8, 4) is 0 Å². The fourth-order valence-electron chi connectivity index (χ4n) is 5.10. The molecule has 0 radical (unpaired) electrons. The molecule has 1 aromatic carbocycles. The number of ether oxygens (including phenoxy) is 1. The Morgan fingerprint density at radius 2 is 1.92 bits per heavy atom. The Morgan fingerprint density at radius 3 is 2.56 bits per heavy atom. The number of carbonyl (C=O) groups excluding carboxylic acids is 2. The minimum atomic E-state index is -4.66. The first-order valence-corrected chi connectivity index (χ1v) is 12.5. The summed E-state index contributed by atoms with van der Waals surface area (Å²) in [4.78, 5) is 26.6. The van der Waals surface area contributed by atoms with Gasteiger partial charge >= 0.3 is 12.1 Å². The highest BCUT2D eigenvalue weighted by Gasteiger charge is 2.41. The van der Waals surface area contributed by atoms with Crippen molar-refractivity contribution in [1.29, 1.82) is 0 Å². The maximum absolute atomic E-state index is 14.4. The molecule has 0 N–H and O–H groups in total. The zero-order chi connectivity index (χ0) is 26.0. The summed E-state index contributed by atoms with van der Waals surface area (Å²) in [7, 11) is 0. The van der Waals surface area contributed by atoms with Crippen LogP contribution in [0.25, 0.3) is 0 Å². The molecule has 0 unspecified atom stereocenters. The van der Waals surface area contributed by atoms with Crippen molar-refractivity contribution in [2.75, 3.05) is 13.2 Å². The molecule has 11 heteroatoms. The predicted octanol–water partition coefficient (Wildman–Crippen LogP) is 5.39. The number of hydrogen-bond acceptors (Lipinski definition) is 4. The lowest BCUT2D eigenvalue weighted by Crippen LogP contribution is -2.38. The third-order valence-corrected chi connectivity index (χ3v) is 7.26. The van der Waals surface area contributed by atoms with Crippen LogP contribution in [0.2, 0.25) is 5.02 Å². The van der Waals surface area contributed by atoms with Gasteiger partial charge in [0.15, 0.2) is 5.69 Å². The summed E-state index contributed by atoms with van der Waals surface area (Å²) >= 11 is 5.79. The smallest absolute Gasteiger partial charge is 0.435 e. The number of halogens is 5. The number of hydrogen-bond donors (Lipinski definition) is 0. The third-order valence-electron chi connectivity index (χ3n) is 7.03. The van der Waals surface area contributed by atoms with Gasteiger partial charge in [0.05, 0.1) is 31.3 Å². The van der Waals surface area contributed by atoms with E-state index in [1.165, 1.54) is 12.1 Å². The second kappa shape index (κ2) is 10.8. The maximum atomic E-state index is 14.4. The number of nitrogens with zero attached hydrogens (tertiary/aromatic N) is 3. The molecule has 0 bridgehead atoms. The molecule has 0 atom stereocenters. The number of fused-ring (bicyclic) bond motifs is 1. The second-order valence-corrected chi connectivity index (χ2v) is 9.84. The summed E-state index contributed by atoms with van der Waals surface area (Å²) in [6.07, 6.45) is -1.59. The molecule has 1 aliphatic heterocycles. The van der Waals surface area contributed by atoms with Crippen molar-refractivity contribution in [1.82, 2.24) is 14.7 Å². The Balaban J connectivity index is 1.47. The average molecular weight is 530 g/mol. The predicted molar refractivity (Wildman–Crippen MR) is 124 cm³/mol. The molecule has 1 saturated carbocycles. The van der Waals surface area contributed by atoms with Gasteiger partial charge in [-0.05, 0) is 57.1 Å². The summed E-state index contributed by atoms with van der Waals surface area (Å²) < 4.78 is 61.6. The van der Waals surface area contributed by atoms with Gasteiger partial charge < -0.3 is 9.64 Å². The molecule has 6 nitrogen and oxygen atoms in total.